The molecule has 1 N–H and O–H groups in total. The first-order chi connectivity index (χ1) is 16.1. The average molecular weight is 447 g/mol. The van der Waals surface area contributed by atoms with Crippen molar-refractivity contribution < 1.29 is 14.1 Å². The topological polar surface area (TPSA) is 104 Å². The Morgan fingerprint density at radius 1 is 1.18 bits per heavy atom. The van der Waals surface area contributed by atoms with Gasteiger partial charge in [0.05, 0.1) is 19.0 Å². The highest BCUT2D eigenvalue weighted by atomic mass is 16.5. The van der Waals surface area contributed by atoms with E-state index in [1.54, 1.807) is 31.6 Å². The van der Waals surface area contributed by atoms with Gasteiger partial charge in [-0.3, -0.25) is 19.5 Å². The maximum atomic E-state index is 13.0. The summed E-state index contributed by atoms with van der Waals surface area (Å²) in [6.45, 7) is 1.52. The van der Waals surface area contributed by atoms with Crippen LogP contribution in [-0.4, -0.2) is 69.0 Å². The van der Waals surface area contributed by atoms with Gasteiger partial charge in [0.2, 0.25) is 23.5 Å². The molecular formula is C24H26N6O3. The molecule has 5 rings (SSSR count). The van der Waals surface area contributed by atoms with E-state index in [4.69, 9.17) is 4.52 Å². The number of hydrogen-bond acceptors (Lipinski definition) is 7. The summed E-state index contributed by atoms with van der Waals surface area (Å²) in [4.78, 5) is 37.9. The number of rotatable bonds is 6. The molecular weight excluding hydrogens is 420 g/mol. The predicted octanol–water partition coefficient (Wildman–Crippen LogP) is 1.45. The number of piperazine rings is 1. The number of nitrogens with zero attached hydrogens (tertiary/aromatic N) is 5. The fraction of sp³-hybridized carbons (Fsp3) is 0.375. The number of aromatic nitrogens is 3. The molecule has 33 heavy (non-hydrogen) atoms. The lowest BCUT2D eigenvalue weighted by Gasteiger charge is -2.39. The third-order valence-corrected chi connectivity index (χ3v) is 6.44. The molecule has 0 unspecified atom stereocenters. The zero-order chi connectivity index (χ0) is 22.8. The van der Waals surface area contributed by atoms with Crippen LogP contribution >= 0.6 is 0 Å². The third kappa shape index (κ3) is 4.49. The Kier molecular flexibility index (Phi) is 5.87. The normalized spacial score (nSPS) is 18.7. The van der Waals surface area contributed by atoms with Gasteiger partial charge in [-0.25, -0.2) is 0 Å². The first kappa shape index (κ1) is 21.3. The van der Waals surface area contributed by atoms with Crippen LogP contribution in [-0.2, 0) is 29.0 Å². The molecule has 2 aromatic heterocycles. The van der Waals surface area contributed by atoms with Crippen molar-refractivity contribution in [3.63, 3.8) is 0 Å². The molecule has 170 valence electrons. The average Bonchev–Trinajstić information content (AvgIpc) is 3.48. The van der Waals surface area contributed by atoms with Gasteiger partial charge in [-0.2, -0.15) is 4.98 Å². The quantitative estimate of drug-likeness (QED) is 0.611. The summed E-state index contributed by atoms with van der Waals surface area (Å²) in [7, 11) is 1.69. The predicted molar refractivity (Wildman–Crippen MR) is 120 cm³/mol. The molecule has 1 aromatic carbocycles. The number of amides is 2. The summed E-state index contributed by atoms with van der Waals surface area (Å²) < 4.78 is 5.32. The van der Waals surface area contributed by atoms with Crippen molar-refractivity contribution >= 4 is 11.8 Å². The minimum absolute atomic E-state index is 0.0864. The Hall–Kier alpha value is -3.59. The summed E-state index contributed by atoms with van der Waals surface area (Å²) in [5, 5.41) is 6.91. The largest absolute Gasteiger partial charge is 0.353 e. The number of benzene rings is 1. The summed E-state index contributed by atoms with van der Waals surface area (Å²) >= 11 is 0. The molecule has 1 aliphatic carbocycles. The second kappa shape index (κ2) is 9.11. The first-order valence-electron chi connectivity index (χ1n) is 11.2. The van der Waals surface area contributed by atoms with Crippen molar-refractivity contribution in [2.75, 3.05) is 20.1 Å². The highest BCUT2D eigenvalue weighted by Crippen LogP contribution is 2.28. The number of nitrogens with one attached hydrogen (secondary N) is 1. The Morgan fingerprint density at radius 3 is 2.64 bits per heavy atom. The second-order valence-corrected chi connectivity index (χ2v) is 8.58. The number of hydrogen-bond donors (Lipinski definition) is 1. The zero-order valence-electron chi connectivity index (χ0n) is 18.5. The van der Waals surface area contributed by atoms with Crippen LogP contribution in [0.15, 0.2) is 53.3 Å². The molecule has 9 nitrogen and oxygen atoms in total. The maximum Gasteiger partial charge on any atom is 0.246 e. The highest BCUT2D eigenvalue weighted by molar-refractivity contribution is 5.88. The molecule has 9 heteroatoms. The maximum absolute atomic E-state index is 13.0. The van der Waals surface area contributed by atoms with Crippen LogP contribution in [0.2, 0.25) is 0 Å². The molecule has 0 radical (unpaired) electrons. The van der Waals surface area contributed by atoms with Crippen LogP contribution in [0.25, 0.3) is 11.4 Å². The zero-order valence-corrected chi connectivity index (χ0v) is 18.5. The first-order valence-corrected chi connectivity index (χ1v) is 11.2. The fourth-order valence-electron chi connectivity index (χ4n) is 4.70. The summed E-state index contributed by atoms with van der Waals surface area (Å²) in [5.74, 6) is 0.568. The van der Waals surface area contributed by atoms with E-state index >= 15 is 0 Å². The standard InChI is InChI=1S/C24H26N6O3/c1-29(15-21-27-23(28-33-21)16-6-8-25-9-7-16)22(31)14-20-24(32)26-10-11-30(20)19-12-17-4-2-3-5-18(17)13-19/h2-9,19-20H,10-15H2,1H3,(H,26,32)/t20-/m1/s1. The molecule has 0 saturated carbocycles. The lowest BCUT2D eigenvalue weighted by atomic mass is 10.0. The van der Waals surface area contributed by atoms with Gasteiger partial charge < -0.3 is 14.7 Å². The van der Waals surface area contributed by atoms with Gasteiger partial charge in [0, 0.05) is 44.1 Å². The molecule has 1 fully saturated rings. The Balaban J connectivity index is 1.24. The molecule has 1 aliphatic heterocycles. The fourth-order valence-corrected chi connectivity index (χ4v) is 4.70. The minimum atomic E-state index is -0.483. The molecule has 1 saturated heterocycles. The molecule has 3 heterocycles. The third-order valence-electron chi connectivity index (χ3n) is 6.44. The molecule has 2 aliphatic rings. The van der Waals surface area contributed by atoms with E-state index < -0.39 is 6.04 Å². The number of fused-ring (bicyclic) bond motifs is 1. The van der Waals surface area contributed by atoms with E-state index in [-0.39, 0.29) is 30.8 Å². The SMILES string of the molecule is CN(Cc1nc(-c2ccncc2)no1)C(=O)C[C@@H]1C(=O)NCCN1C1Cc2ccccc2C1. The van der Waals surface area contributed by atoms with Gasteiger partial charge >= 0.3 is 0 Å². The molecule has 0 spiro atoms. The summed E-state index contributed by atoms with van der Waals surface area (Å²) in [6, 6.07) is 11.7. The van der Waals surface area contributed by atoms with Gasteiger partial charge in [0.15, 0.2) is 0 Å². The van der Waals surface area contributed by atoms with E-state index in [9.17, 15) is 9.59 Å². The molecule has 0 bridgehead atoms. The lowest BCUT2D eigenvalue weighted by molar-refractivity contribution is -0.139. The van der Waals surface area contributed by atoms with Crippen LogP contribution in [0.5, 0.6) is 0 Å². The highest BCUT2D eigenvalue weighted by Gasteiger charge is 2.38. The minimum Gasteiger partial charge on any atom is -0.353 e. The van der Waals surface area contributed by atoms with E-state index in [2.05, 4.69) is 49.6 Å². The van der Waals surface area contributed by atoms with E-state index in [1.807, 2.05) is 0 Å². The Labute approximate surface area is 191 Å². The van der Waals surface area contributed by atoms with Gasteiger partial charge in [-0.1, -0.05) is 29.4 Å². The monoisotopic (exact) mass is 446 g/mol. The number of carbonyl (C=O) groups excluding carboxylic acids is 2. The Bertz CT molecular complexity index is 1120. The van der Waals surface area contributed by atoms with Crippen molar-refractivity contribution in [1.82, 2.24) is 30.2 Å². The summed E-state index contributed by atoms with van der Waals surface area (Å²) in [5.41, 5.74) is 3.45. The van der Waals surface area contributed by atoms with Crippen LogP contribution in [0.4, 0.5) is 0 Å². The van der Waals surface area contributed by atoms with Crippen molar-refractivity contribution in [2.45, 2.75) is 37.9 Å². The second-order valence-electron chi connectivity index (χ2n) is 8.58. The van der Waals surface area contributed by atoms with Crippen molar-refractivity contribution in [2.24, 2.45) is 0 Å². The lowest BCUT2D eigenvalue weighted by Crippen LogP contribution is -2.59. The van der Waals surface area contributed by atoms with Crippen LogP contribution in [0, 0.1) is 0 Å². The van der Waals surface area contributed by atoms with Crippen molar-refractivity contribution in [3.8, 4) is 11.4 Å². The van der Waals surface area contributed by atoms with E-state index in [1.165, 1.54) is 16.0 Å². The van der Waals surface area contributed by atoms with Crippen LogP contribution in [0.1, 0.15) is 23.4 Å². The van der Waals surface area contributed by atoms with Gasteiger partial charge in [0.25, 0.3) is 0 Å². The molecule has 2 amide bonds. The number of pyridine rings is 1. The summed E-state index contributed by atoms with van der Waals surface area (Å²) in [6.07, 6.45) is 5.24. The number of carbonyl (C=O) groups is 2. The Morgan fingerprint density at radius 2 is 1.91 bits per heavy atom. The van der Waals surface area contributed by atoms with Crippen molar-refractivity contribution in [1.29, 1.82) is 0 Å². The molecule has 1 atom stereocenters. The van der Waals surface area contributed by atoms with Crippen LogP contribution in [0.3, 0.4) is 0 Å². The molecule has 3 aromatic rings. The van der Waals surface area contributed by atoms with Crippen molar-refractivity contribution in [3.05, 3.63) is 65.8 Å². The van der Waals surface area contributed by atoms with Gasteiger partial charge in [-0.05, 0) is 36.1 Å². The van der Waals surface area contributed by atoms with Crippen LogP contribution < -0.4 is 5.32 Å². The van der Waals surface area contributed by atoms with Gasteiger partial charge in [-0.15, -0.1) is 0 Å². The van der Waals surface area contributed by atoms with E-state index in [0.29, 0.717) is 18.3 Å². The van der Waals surface area contributed by atoms with E-state index in [0.717, 1.165) is 24.9 Å². The van der Waals surface area contributed by atoms with Gasteiger partial charge in [0.1, 0.15) is 0 Å². The smallest absolute Gasteiger partial charge is 0.246 e.